The second kappa shape index (κ2) is 5.83. The Morgan fingerprint density at radius 2 is 1.86 bits per heavy atom. The first-order chi connectivity index (χ1) is 9.90. The zero-order valence-electron chi connectivity index (χ0n) is 11.2. The number of pyridine rings is 1. The Labute approximate surface area is 120 Å². The molecule has 1 aromatic carbocycles. The van der Waals surface area contributed by atoms with E-state index < -0.39 is 11.7 Å². The summed E-state index contributed by atoms with van der Waals surface area (Å²) in [6.45, 7) is 0.403. The van der Waals surface area contributed by atoms with Gasteiger partial charge in [-0.3, -0.25) is 0 Å². The van der Waals surface area contributed by atoms with E-state index in [1.54, 1.807) is 24.1 Å². The Bertz CT molecular complexity index is 657. The van der Waals surface area contributed by atoms with Crippen molar-refractivity contribution in [2.24, 2.45) is 0 Å². The average molecular weight is 291 g/mol. The predicted octanol–water partition coefficient (Wildman–Crippen LogP) is 3.61. The molecule has 0 fully saturated rings. The third-order valence-corrected chi connectivity index (χ3v) is 2.97. The van der Waals surface area contributed by atoms with Crippen molar-refractivity contribution in [3.05, 3.63) is 59.3 Å². The van der Waals surface area contributed by atoms with Gasteiger partial charge in [0.1, 0.15) is 5.82 Å². The lowest BCUT2D eigenvalue weighted by Gasteiger charge is -2.18. The van der Waals surface area contributed by atoms with Gasteiger partial charge in [0.25, 0.3) is 0 Å². The SMILES string of the molecule is CN(Cc1ccc(C(F)(F)F)cc1)c1cc(C#N)ccn1. The van der Waals surface area contributed by atoms with Gasteiger partial charge in [-0.1, -0.05) is 12.1 Å². The van der Waals surface area contributed by atoms with E-state index in [0.29, 0.717) is 17.9 Å². The molecule has 2 aromatic rings. The molecule has 108 valence electrons. The van der Waals surface area contributed by atoms with Crippen LogP contribution < -0.4 is 4.90 Å². The molecule has 0 saturated carbocycles. The van der Waals surface area contributed by atoms with Gasteiger partial charge in [0.2, 0.25) is 0 Å². The summed E-state index contributed by atoms with van der Waals surface area (Å²) in [4.78, 5) is 5.90. The van der Waals surface area contributed by atoms with Gasteiger partial charge in [-0.15, -0.1) is 0 Å². The van der Waals surface area contributed by atoms with E-state index in [9.17, 15) is 13.2 Å². The molecule has 0 bridgehead atoms. The molecule has 0 atom stereocenters. The Morgan fingerprint density at radius 3 is 2.43 bits per heavy atom. The number of anilines is 1. The van der Waals surface area contributed by atoms with Crippen LogP contribution in [0.15, 0.2) is 42.6 Å². The van der Waals surface area contributed by atoms with Crippen molar-refractivity contribution >= 4 is 5.82 Å². The number of alkyl halides is 3. The maximum absolute atomic E-state index is 12.5. The highest BCUT2D eigenvalue weighted by Gasteiger charge is 2.29. The summed E-state index contributed by atoms with van der Waals surface area (Å²) in [7, 11) is 1.77. The molecule has 0 radical (unpaired) electrons. The molecule has 0 spiro atoms. The number of halogens is 3. The smallest absolute Gasteiger partial charge is 0.355 e. The third-order valence-electron chi connectivity index (χ3n) is 2.97. The quantitative estimate of drug-likeness (QED) is 0.867. The van der Waals surface area contributed by atoms with Crippen molar-refractivity contribution in [2.45, 2.75) is 12.7 Å². The molecular formula is C15H12F3N3. The fourth-order valence-electron chi connectivity index (χ4n) is 1.85. The molecule has 0 aliphatic rings. The second-order valence-corrected chi connectivity index (χ2v) is 4.57. The van der Waals surface area contributed by atoms with Gasteiger partial charge in [0, 0.05) is 19.8 Å². The highest BCUT2D eigenvalue weighted by molar-refractivity contribution is 5.45. The first kappa shape index (κ1) is 14.9. The summed E-state index contributed by atoms with van der Waals surface area (Å²) in [5.74, 6) is 0.592. The summed E-state index contributed by atoms with van der Waals surface area (Å²) in [6, 6.07) is 10.2. The molecular weight excluding hydrogens is 279 g/mol. The number of aromatic nitrogens is 1. The van der Waals surface area contributed by atoms with Crippen LogP contribution in [0.5, 0.6) is 0 Å². The van der Waals surface area contributed by atoms with Crippen LogP contribution in [0.3, 0.4) is 0 Å². The van der Waals surface area contributed by atoms with Crippen molar-refractivity contribution in [1.82, 2.24) is 4.98 Å². The number of hydrogen-bond donors (Lipinski definition) is 0. The molecule has 3 nitrogen and oxygen atoms in total. The first-order valence-corrected chi connectivity index (χ1v) is 6.13. The minimum atomic E-state index is -4.33. The average Bonchev–Trinajstić information content (AvgIpc) is 2.47. The topological polar surface area (TPSA) is 39.9 Å². The van der Waals surface area contributed by atoms with Gasteiger partial charge in [-0.25, -0.2) is 4.98 Å². The summed E-state index contributed by atoms with van der Waals surface area (Å²) >= 11 is 0. The van der Waals surface area contributed by atoms with Crippen molar-refractivity contribution in [2.75, 3.05) is 11.9 Å². The Hall–Kier alpha value is -2.55. The normalized spacial score (nSPS) is 11.0. The summed E-state index contributed by atoms with van der Waals surface area (Å²) in [5.41, 5.74) is 0.549. The molecule has 0 N–H and O–H groups in total. The van der Waals surface area contributed by atoms with Crippen LogP contribution in [0.2, 0.25) is 0 Å². The van der Waals surface area contributed by atoms with Crippen molar-refractivity contribution in [1.29, 1.82) is 5.26 Å². The van der Waals surface area contributed by atoms with Crippen molar-refractivity contribution in [3.63, 3.8) is 0 Å². The molecule has 1 aromatic heterocycles. The van der Waals surface area contributed by atoms with E-state index >= 15 is 0 Å². The van der Waals surface area contributed by atoms with Crippen LogP contribution in [0.1, 0.15) is 16.7 Å². The molecule has 0 amide bonds. The lowest BCUT2D eigenvalue weighted by Crippen LogP contribution is -2.17. The zero-order valence-corrected chi connectivity index (χ0v) is 11.2. The van der Waals surface area contributed by atoms with Crippen molar-refractivity contribution in [3.8, 4) is 6.07 Å². The minimum Gasteiger partial charge on any atom is -0.355 e. The predicted molar refractivity (Wildman–Crippen MR) is 72.5 cm³/mol. The fourth-order valence-corrected chi connectivity index (χ4v) is 1.85. The maximum Gasteiger partial charge on any atom is 0.416 e. The lowest BCUT2D eigenvalue weighted by molar-refractivity contribution is -0.137. The summed E-state index contributed by atoms with van der Waals surface area (Å²) in [5, 5.41) is 8.84. The van der Waals surface area contributed by atoms with Gasteiger partial charge in [-0.05, 0) is 29.8 Å². The van der Waals surface area contributed by atoms with E-state index in [1.165, 1.54) is 18.3 Å². The lowest BCUT2D eigenvalue weighted by atomic mass is 10.1. The van der Waals surface area contributed by atoms with Gasteiger partial charge >= 0.3 is 6.18 Å². The Balaban J connectivity index is 2.12. The number of nitrogens with zero attached hydrogens (tertiary/aromatic N) is 3. The summed E-state index contributed by atoms with van der Waals surface area (Å²) < 4.78 is 37.4. The van der Waals surface area contributed by atoms with Gasteiger partial charge in [0.05, 0.1) is 17.2 Å². The highest BCUT2D eigenvalue weighted by atomic mass is 19.4. The largest absolute Gasteiger partial charge is 0.416 e. The minimum absolute atomic E-state index is 0.403. The molecule has 0 aliphatic heterocycles. The van der Waals surface area contributed by atoms with Crippen LogP contribution in [0, 0.1) is 11.3 Å². The van der Waals surface area contributed by atoms with Gasteiger partial charge in [0.15, 0.2) is 0 Å². The van der Waals surface area contributed by atoms with Gasteiger partial charge in [-0.2, -0.15) is 18.4 Å². The number of rotatable bonds is 3. The summed E-state index contributed by atoms with van der Waals surface area (Å²) in [6.07, 6.45) is -2.80. The third kappa shape index (κ3) is 3.72. The molecule has 0 saturated heterocycles. The zero-order chi connectivity index (χ0) is 15.5. The van der Waals surface area contributed by atoms with Crippen LogP contribution in [0.25, 0.3) is 0 Å². The molecule has 0 aliphatic carbocycles. The first-order valence-electron chi connectivity index (χ1n) is 6.13. The maximum atomic E-state index is 12.5. The number of nitriles is 1. The standard InChI is InChI=1S/C15H12F3N3/c1-21(14-8-12(9-19)6-7-20-14)10-11-2-4-13(5-3-11)15(16,17)18/h2-8H,10H2,1H3. The second-order valence-electron chi connectivity index (χ2n) is 4.57. The highest BCUT2D eigenvalue weighted by Crippen LogP contribution is 2.29. The Kier molecular flexibility index (Phi) is 4.13. The van der Waals surface area contributed by atoms with E-state index in [0.717, 1.165) is 17.7 Å². The molecule has 1 heterocycles. The fraction of sp³-hybridized carbons (Fsp3) is 0.200. The van der Waals surface area contributed by atoms with Gasteiger partial charge < -0.3 is 4.90 Å². The molecule has 2 rings (SSSR count). The number of benzene rings is 1. The molecule has 0 unspecified atom stereocenters. The van der Waals surface area contributed by atoms with Crippen LogP contribution in [-0.2, 0) is 12.7 Å². The van der Waals surface area contributed by atoms with E-state index in [4.69, 9.17) is 5.26 Å². The molecule has 21 heavy (non-hydrogen) atoms. The monoisotopic (exact) mass is 291 g/mol. The molecule has 6 heteroatoms. The van der Waals surface area contributed by atoms with E-state index in [1.807, 2.05) is 6.07 Å². The number of hydrogen-bond acceptors (Lipinski definition) is 3. The van der Waals surface area contributed by atoms with E-state index in [2.05, 4.69) is 4.98 Å². The van der Waals surface area contributed by atoms with Crippen LogP contribution in [0.4, 0.5) is 19.0 Å². The van der Waals surface area contributed by atoms with Crippen LogP contribution in [-0.4, -0.2) is 12.0 Å². The van der Waals surface area contributed by atoms with Crippen LogP contribution >= 0.6 is 0 Å². The van der Waals surface area contributed by atoms with Crippen molar-refractivity contribution < 1.29 is 13.2 Å². The Morgan fingerprint density at radius 1 is 1.19 bits per heavy atom. The van der Waals surface area contributed by atoms with E-state index in [-0.39, 0.29) is 0 Å².